The van der Waals surface area contributed by atoms with Crippen molar-refractivity contribution in [2.24, 2.45) is 0 Å². The van der Waals surface area contributed by atoms with E-state index in [-0.39, 0.29) is 12.7 Å². The Bertz CT molecular complexity index is 839. The molecule has 0 radical (unpaired) electrons. The van der Waals surface area contributed by atoms with Crippen molar-refractivity contribution in [2.75, 3.05) is 20.3 Å². The van der Waals surface area contributed by atoms with Gasteiger partial charge >= 0.3 is 11.9 Å². The van der Waals surface area contributed by atoms with Gasteiger partial charge in [-0.05, 0) is 44.4 Å². The van der Waals surface area contributed by atoms with Crippen LogP contribution in [-0.4, -0.2) is 38.4 Å². The molecule has 0 saturated carbocycles. The van der Waals surface area contributed by atoms with Gasteiger partial charge in [-0.25, -0.2) is 9.59 Å². The average Bonchev–Trinajstić information content (AvgIpc) is 3.18. The highest BCUT2D eigenvalue weighted by molar-refractivity contribution is 9.10. The van der Waals surface area contributed by atoms with Crippen LogP contribution in [0.2, 0.25) is 0 Å². The Morgan fingerprint density at radius 1 is 1.21 bits per heavy atom. The van der Waals surface area contributed by atoms with Crippen LogP contribution in [0, 0.1) is 0 Å². The highest BCUT2D eigenvalue weighted by Crippen LogP contribution is 2.39. The van der Waals surface area contributed by atoms with Crippen LogP contribution in [0.25, 0.3) is 0 Å². The number of halogens is 1. The topological polar surface area (TPSA) is 73.9 Å². The molecule has 6 nitrogen and oxygen atoms in total. The maximum absolute atomic E-state index is 13.0. The molecule has 0 spiro atoms. The molecule has 2 aliphatic heterocycles. The minimum atomic E-state index is -0.580. The number of esters is 2. The molecular weight excluding hydrogens is 426 g/mol. The number of carbonyl (C=O) groups is 2. The van der Waals surface area contributed by atoms with E-state index in [1.807, 2.05) is 31.2 Å². The number of hydrogen-bond donors (Lipinski definition) is 1. The second kappa shape index (κ2) is 8.92. The molecule has 1 aromatic rings. The summed E-state index contributed by atoms with van der Waals surface area (Å²) in [5, 5.41) is 3.13. The van der Waals surface area contributed by atoms with Gasteiger partial charge in [-0.2, -0.15) is 0 Å². The minimum Gasteiger partial charge on any atom is -0.466 e. The van der Waals surface area contributed by atoms with Crippen LogP contribution < -0.4 is 5.32 Å². The minimum absolute atomic E-state index is 0.0666. The van der Waals surface area contributed by atoms with Gasteiger partial charge in [-0.1, -0.05) is 28.1 Å². The van der Waals surface area contributed by atoms with Crippen LogP contribution in [0.3, 0.4) is 0 Å². The lowest BCUT2D eigenvalue weighted by Crippen LogP contribution is -2.33. The summed E-state index contributed by atoms with van der Waals surface area (Å²) in [5.74, 6) is -1.52. The van der Waals surface area contributed by atoms with Crippen molar-refractivity contribution in [1.82, 2.24) is 5.32 Å². The summed E-state index contributed by atoms with van der Waals surface area (Å²) in [6.45, 7) is 4.51. The maximum Gasteiger partial charge on any atom is 0.336 e. The van der Waals surface area contributed by atoms with Gasteiger partial charge < -0.3 is 19.5 Å². The fraction of sp³-hybridized carbons (Fsp3) is 0.429. The van der Waals surface area contributed by atoms with Crippen LogP contribution in [0.5, 0.6) is 0 Å². The molecule has 3 rings (SSSR count). The van der Waals surface area contributed by atoms with Gasteiger partial charge in [0.2, 0.25) is 0 Å². The third-order valence-electron chi connectivity index (χ3n) is 4.99. The van der Waals surface area contributed by atoms with Crippen molar-refractivity contribution in [3.05, 3.63) is 56.8 Å². The molecule has 7 heteroatoms. The van der Waals surface area contributed by atoms with E-state index in [1.54, 1.807) is 6.92 Å². The molecular formula is C21H24BrNO5. The van der Waals surface area contributed by atoms with Gasteiger partial charge in [0.1, 0.15) is 6.61 Å². The summed E-state index contributed by atoms with van der Waals surface area (Å²) in [5.41, 5.74) is 2.92. The van der Waals surface area contributed by atoms with Crippen molar-refractivity contribution < 1.29 is 23.8 Å². The highest BCUT2D eigenvalue weighted by atomic mass is 79.9. The van der Waals surface area contributed by atoms with Gasteiger partial charge in [0, 0.05) is 22.5 Å². The molecule has 1 fully saturated rings. The molecule has 0 unspecified atom stereocenters. The fourth-order valence-electron chi connectivity index (χ4n) is 3.69. The van der Waals surface area contributed by atoms with Crippen LogP contribution in [0.15, 0.2) is 51.3 Å². The van der Waals surface area contributed by atoms with Crippen molar-refractivity contribution in [3.63, 3.8) is 0 Å². The number of benzene rings is 1. The zero-order chi connectivity index (χ0) is 20.3. The molecule has 2 aliphatic rings. The SMILES string of the molecule is COC(=O)C1=C(C)NC(C)=C(C(=O)OC[C@@H]2CCCO2)[C@H]1c1cccc(Br)c1. The standard InChI is InChI=1S/C21H24BrNO5/c1-12-17(20(24)26-3)19(14-6-4-7-15(22)10-14)18(13(2)23-12)21(25)28-11-16-8-5-9-27-16/h4,6-7,10,16,19,23H,5,8-9,11H2,1-3H3/t16-,19-/m0/s1. The van der Waals surface area contributed by atoms with Gasteiger partial charge in [0.15, 0.2) is 0 Å². The number of dihydropyridines is 1. The number of methoxy groups -OCH3 is 1. The molecule has 150 valence electrons. The van der Waals surface area contributed by atoms with Gasteiger partial charge in [0.05, 0.1) is 30.3 Å². The molecule has 1 aromatic carbocycles. The third kappa shape index (κ3) is 4.31. The second-order valence-electron chi connectivity index (χ2n) is 6.92. The number of carbonyl (C=O) groups excluding carboxylic acids is 2. The molecule has 0 amide bonds. The monoisotopic (exact) mass is 449 g/mol. The van der Waals surface area contributed by atoms with E-state index in [0.29, 0.717) is 29.1 Å². The molecule has 28 heavy (non-hydrogen) atoms. The van der Waals surface area contributed by atoms with Crippen molar-refractivity contribution in [1.29, 1.82) is 0 Å². The molecule has 0 aromatic heterocycles. The second-order valence-corrected chi connectivity index (χ2v) is 7.83. The average molecular weight is 450 g/mol. The molecule has 2 heterocycles. The zero-order valence-corrected chi connectivity index (χ0v) is 17.8. The predicted molar refractivity (Wildman–Crippen MR) is 107 cm³/mol. The first-order chi connectivity index (χ1) is 13.4. The van der Waals surface area contributed by atoms with Crippen molar-refractivity contribution in [2.45, 2.75) is 38.7 Å². The van der Waals surface area contributed by atoms with E-state index < -0.39 is 17.9 Å². The zero-order valence-electron chi connectivity index (χ0n) is 16.2. The lowest BCUT2D eigenvalue weighted by Gasteiger charge is -2.30. The van der Waals surface area contributed by atoms with E-state index in [2.05, 4.69) is 21.2 Å². The first kappa shape index (κ1) is 20.6. The number of ether oxygens (including phenoxy) is 3. The summed E-state index contributed by atoms with van der Waals surface area (Å²) in [6, 6.07) is 7.55. The smallest absolute Gasteiger partial charge is 0.336 e. The summed E-state index contributed by atoms with van der Waals surface area (Å²) in [6.07, 6.45) is 1.79. The van der Waals surface area contributed by atoms with Crippen LogP contribution in [0.4, 0.5) is 0 Å². The Labute approximate surface area is 173 Å². The predicted octanol–water partition coefficient (Wildman–Crippen LogP) is 3.58. The number of nitrogens with one attached hydrogen (secondary N) is 1. The van der Waals surface area contributed by atoms with Crippen LogP contribution in [-0.2, 0) is 23.8 Å². The van der Waals surface area contributed by atoms with Crippen LogP contribution in [0.1, 0.15) is 38.2 Å². The fourth-order valence-corrected chi connectivity index (χ4v) is 4.10. The highest BCUT2D eigenvalue weighted by Gasteiger charge is 2.38. The van der Waals surface area contributed by atoms with Gasteiger partial charge in [0.25, 0.3) is 0 Å². The third-order valence-corrected chi connectivity index (χ3v) is 5.49. The first-order valence-electron chi connectivity index (χ1n) is 9.23. The lowest BCUT2D eigenvalue weighted by atomic mass is 9.80. The molecule has 0 aliphatic carbocycles. The lowest BCUT2D eigenvalue weighted by molar-refractivity contribution is -0.142. The van der Waals surface area contributed by atoms with Gasteiger partial charge in [-0.15, -0.1) is 0 Å². The van der Waals surface area contributed by atoms with E-state index in [4.69, 9.17) is 14.2 Å². The maximum atomic E-state index is 13.0. The number of rotatable bonds is 5. The van der Waals surface area contributed by atoms with E-state index in [9.17, 15) is 9.59 Å². The van der Waals surface area contributed by atoms with E-state index >= 15 is 0 Å². The molecule has 2 atom stereocenters. The Morgan fingerprint density at radius 2 is 1.93 bits per heavy atom. The Balaban J connectivity index is 1.98. The number of hydrogen-bond acceptors (Lipinski definition) is 6. The van der Waals surface area contributed by atoms with Gasteiger partial charge in [-0.3, -0.25) is 0 Å². The van der Waals surface area contributed by atoms with Crippen LogP contribution >= 0.6 is 15.9 Å². The first-order valence-corrected chi connectivity index (χ1v) is 10.0. The van der Waals surface area contributed by atoms with E-state index in [0.717, 1.165) is 22.9 Å². The van der Waals surface area contributed by atoms with E-state index in [1.165, 1.54) is 7.11 Å². The molecule has 1 saturated heterocycles. The quantitative estimate of drug-likeness (QED) is 0.692. The Morgan fingerprint density at radius 3 is 2.54 bits per heavy atom. The summed E-state index contributed by atoms with van der Waals surface area (Å²) < 4.78 is 17.0. The summed E-state index contributed by atoms with van der Waals surface area (Å²) >= 11 is 3.47. The molecule has 0 bridgehead atoms. The number of allylic oxidation sites excluding steroid dienone is 2. The summed E-state index contributed by atoms with van der Waals surface area (Å²) in [7, 11) is 1.33. The Hall–Kier alpha value is -2.12. The molecule has 1 N–H and O–H groups in total. The largest absolute Gasteiger partial charge is 0.466 e. The van der Waals surface area contributed by atoms with Crippen molar-refractivity contribution >= 4 is 27.9 Å². The normalized spacial score (nSPS) is 22.1. The van der Waals surface area contributed by atoms with Crippen molar-refractivity contribution in [3.8, 4) is 0 Å². The summed E-state index contributed by atoms with van der Waals surface area (Å²) in [4.78, 5) is 25.6. The Kier molecular flexibility index (Phi) is 6.57.